The quantitative estimate of drug-likeness (QED) is 0.406. The third-order valence-electron chi connectivity index (χ3n) is 4.44. The Morgan fingerprint density at radius 1 is 1.07 bits per heavy atom. The van der Waals surface area contributed by atoms with Gasteiger partial charge in [0.2, 0.25) is 0 Å². The normalized spacial score (nSPS) is 15.4. The fourth-order valence-corrected chi connectivity index (χ4v) is 2.99. The number of ether oxygens (including phenoxy) is 2. The van der Waals surface area contributed by atoms with Gasteiger partial charge >= 0.3 is 6.03 Å². The van der Waals surface area contributed by atoms with E-state index < -0.39 is 17.8 Å². The lowest BCUT2D eigenvalue weighted by Gasteiger charge is -2.26. The molecule has 3 rings (SSSR count). The van der Waals surface area contributed by atoms with Gasteiger partial charge in [-0.1, -0.05) is 31.0 Å². The van der Waals surface area contributed by atoms with Crippen LogP contribution in [0.15, 0.2) is 48.0 Å². The summed E-state index contributed by atoms with van der Waals surface area (Å²) < 4.78 is 11.1. The van der Waals surface area contributed by atoms with E-state index in [4.69, 9.17) is 21.1 Å². The number of halogens is 1. The van der Waals surface area contributed by atoms with Crippen LogP contribution in [0.3, 0.4) is 0 Å². The van der Waals surface area contributed by atoms with E-state index in [0.717, 1.165) is 17.7 Å². The highest BCUT2D eigenvalue weighted by atomic mass is 35.5. The van der Waals surface area contributed by atoms with Crippen LogP contribution in [0.2, 0.25) is 5.02 Å². The molecule has 0 atom stereocenters. The molecule has 2 aromatic rings. The average Bonchev–Trinajstić information content (AvgIpc) is 2.73. The van der Waals surface area contributed by atoms with Crippen molar-refractivity contribution < 1.29 is 23.9 Å². The van der Waals surface area contributed by atoms with Crippen LogP contribution in [0.1, 0.15) is 25.3 Å². The Bertz CT molecular complexity index is 1000. The van der Waals surface area contributed by atoms with Crippen molar-refractivity contribution in [2.24, 2.45) is 0 Å². The molecule has 0 radical (unpaired) electrons. The van der Waals surface area contributed by atoms with Crippen LogP contribution in [0, 0.1) is 0 Å². The van der Waals surface area contributed by atoms with E-state index in [0.29, 0.717) is 34.4 Å². The standard InChI is InChI=1S/C22H21ClN2O5/c1-3-4-11-30-18-10-5-14(13-19(18)29-2)12-17-20(26)24-22(28)25(21(17)27)16-8-6-15(23)7-9-16/h5-10,12-13H,3-4,11H2,1-2H3,(H,24,26,28)/b17-12-. The molecule has 2 aromatic carbocycles. The number of hydrogen-bond acceptors (Lipinski definition) is 5. The maximum atomic E-state index is 12.9. The molecule has 0 saturated carbocycles. The van der Waals surface area contributed by atoms with Crippen LogP contribution >= 0.6 is 11.6 Å². The highest BCUT2D eigenvalue weighted by molar-refractivity contribution is 6.39. The van der Waals surface area contributed by atoms with E-state index in [1.54, 1.807) is 30.3 Å². The summed E-state index contributed by atoms with van der Waals surface area (Å²) in [5.41, 5.74) is 0.683. The number of nitrogens with zero attached hydrogens (tertiary/aromatic N) is 1. The van der Waals surface area contributed by atoms with Crippen LogP contribution in [-0.2, 0) is 9.59 Å². The van der Waals surface area contributed by atoms with Gasteiger partial charge in [-0.2, -0.15) is 0 Å². The van der Waals surface area contributed by atoms with Crippen LogP contribution in [-0.4, -0.2) is 31.6 Å². The lowest BCUT2D eigenvalue weighted by Crippen LogP contribution is -2.54. The summed E-state index contributed by atoms with van der Waals surface area (Å²) in [5, 5.41) is 2.65. The number of unbranched alkanes of at least 4 members (excludes halogenated alkanes) is 1. The number of nitrogens with one attached hydrogen (secondary N) is 1. The summed E-state index contributed by atoms with van der Waals surface area (Å²) in [4.78, 5) is 38.4. The third kappa shape index (κ3) is 4.63. The number of hydrogen-bond donors (Lipinski definition) is 1. The van der Waals surface area contributed by atoms with Crippen molar-refractivity contribution >= 4 is 41.2 Å². The molecule has 1 N–H and O–H groups in total. The predicted octanol–water partition coefficient (Wildman–Crippen LogP) is 4.19. The molecule has 1 fully saturated rings. The van der Waals surface area contributed by atoms with Crippen LogP contribution < -0.4 is 19.7 Å². The molecule has 1 saturated heterocycles. The molecule has 1 aliphatic heterocycles. The largest absolute Gasteiger partial charge is 0.493 e. The molecule has 30 heavy (non-hydrogen) atoms. The minimum atomic E-state index is -0.818. The topological polar surface area (TPSA) is 84.9 Å². The summed E-state index contributed by atoms with van der Waals surface area (Å²) >= 11 is 5.87. The zero-order valence-electron chi connectivity index (χ0n) is 16.6. The van der Waals surface area contributed by atoms with Gasteiger partial charge < -0.3 is 9.47 Å². The van der Waals surface area contributed by atoms with E-state index in [-0.39, 0.29) is 5.57 Å². The second-order valence-electron chi connectivity index (χ2n) is 6.55. The second-order valence-corrected chi connectivity index (χ2v) is 6.98. The summed E-state index contributed by atoms with van der Waals surface area (Å²) in [7, 11) is 1.51. The van der Waals surface area contributed by atoms with Crippen LogP contribution in [0.25, 0.3) is 6.08 Å². The Morgan fingerprint density at radius 3 is 2.47 bits per heavy atom. The molecule has 1 heterocycles. The highest BCUT2D eigenvalue weighted by Gasteiger charge is 2.36. The van der Waals surface area contributed by atoms with E-state index in [9.17, 15) is 14.4 Å². The fourth-order valence-electron chi connectivity index (χ4n) is 2.87. The molecular formula is C22H21ClN2O5. The molecule has 0 spiro atoms. The van der Waals surface area contributed by atoms with E-state index in [1.807, 2.05) is 0 Å². The SMILES string of the molecule is CCCCOc1ccc(/C=C2/C(=O)NC(=O)N(c3ccc(Cl)cc3)C2=O)cc1OC. The van der Waals surface area contributed by atoms with Gasteiger partial charge in [-0.25, -0.2) is 9.69 Å². The number of imide groups is 2. The van der Waals surface area contributed by atoms with Crippen molar-refractivity contribution in [3.8, 4) is 11.5 Å². The number of benzene rings is 2. The minimum Gasteiger partial charge on any atom is -0.493 e. The first kappa shape index (κ1) is 21.4. The van der Waals surface area contributed by atoms with E-state index in [1.165, 1.54) is 25.3 Å². The molecule has 4 amide bonds. The number of barbiturate groups is 1. The number of methoxy groups -OCH3 is 1. The Balaban J connectivity index is 1.91. The predicted molar refractivity (Wildman–Crippen MR) is 114 cm³/mol. The highest BCUT2D eigenvalue weighted by Crippen LogP contribution is 2.30. The van der Waals surface area contributed by atoms with Gasteiger partial charge in [0.05, 0.1) is 19.4 Å². The van der Waals surface area contributed by atoms with Gasteiger partial charge in [0.1, 0.15) is 5.57 Å². The number of amides is 4. The third-order valence-corrected chi connectivity index (χ3v) is 4.69. The summed E-state index contributed by atoms with van der Waals surface area (Å²) in [6.45, 7) is 2.63. The zero-order valence-corrected chi connectivity index (χ0v) is 17.4. The Labute approximate surface area is 179 Å². The zero-order chi connectivity index (χ0) is 21.7. The molecule has 0 bridgehead atoms. The molecular weight excluding hydrogens is 408 g/mol. The number of anilines is 1. The first-order valence-electron chi connectivity index (χ1n) is 9.42. The van der Waals surface area contributed by atoms with Gasteiger partial charge in [0, 0.05) is 5.02 Å². The van der Waals surface area contributed by atoms with Crippen molar-refractivity contribution in [2.45, 2.75) is 19.8 Å². The van der Waals surface area contributed by atoms with Crippen molar-refractivity contribution in [3.63, 3.8) is 0 Å². The van der Waals surface area contributed by atoms with Gasteiger partial charge in [-0.3, -0.25) is 14.9 Å². The second kappa shape index (κ2) is 9.45. The first-order chi connectivity index (χ1) is 14.4. The number of carbonyl (C=O) groups excluding carboxylic acids is 3. The lowest BCUT2D eigenvalue weighted by atomic mass is 10.1. The molecule has 7 nitrogen and oxygen atoms in total. The summed E-state index contributed by atoms with van der Waals surface area (Å²) in [6, 6.07) is 10.4. The Morgan fingerprint density at radius 2 is 1.80 bits per heavy atom. The van der Waals surface area contributed by atoms with Crippen LogP contribution in [0.5, 0.6) is 11.5 Å². The maximum absolute atomic E-state index is 12.9. The van der Waals surface area contributed by atoms with Gasteiger partial charge in [-0.05, 0) is 54.5 Å². The average molecular weight is 429 g/mol. The summed E-state index contributed by atoms with van der Waals surface area (Å²) in [5.74, 6) is -0.439. The Hall–Kier alpha value is -3.32. The van der Waals surface area contributed by atoms with E-state index >= 15 is 0 Å². The smallest absolute Gasteiger partial charge is 0.335 e. The molecule has 0 aromatic heterocycles. The number of rotatable bonds is 7. The van der Waals surface area contributed by atoms with Gasteiger partial charge in [-0.15, -0.1) is 0 Å². The van der Waals surface area contributed by atoms with Crippen LogP contribution in [0.4, 0.5) is 10.5 Å². The van der Waals surface area contributed by atoms with Crippen molar-refractivity contribution in [2.75, 3.05) is 18.6 Å². The molecule has 156 valence electrons. The molecule has 0 aliphatic carbocycles. The maximum Gasteiger partial charge on any atom is 0.335 e. The monoisotopic (exact) mass is 428 g/mol. The van der Waals surface area contributed by atoms with Crippen molar-refractivity contribution in [1.82, 2.24) is 5.32 Å². The first-order valence-corrected chi connectivity index (χ1v) is 9.80. The molecule has 0 unspecified atom stereocenters. The minimum absolute atomic E-state index is 0.175. The van der Waals surface area contributed by atoms with Crippen molar-refractivity contribution in [1.29, 1.82) is 0 Å². The molecule has 8 heteroatoms. The number of carbonyl (C=O) groups is 3. The van der Waals surface area contributed by atoms with Gasteiger partial charge in [0.15, 0.2) is 11.5 Å². The lowest BCUT2D eigenvalue weighted by molar-refractivity contribution is -0.122. The molecule has 1 aliphatic rings. The fraction of sp³-hybridized carbons (Fsp3) is 0.227. The number of urea groups is 1. The van der Waals surface area contributed by atoms with E-state index in [2.05, 4.69) is 12.2 Å². The summed E-state index contributed by atoms with van der Waals surface area (Å²) in [6.07, 6.45) is 3.33. The van der Waals surface area contributed by atoms with Crippen molar-refractivity contribution in [3.05, 3.63) is 58.6 Å². The van der Waals surface area contributed by atoms with Gasteiger partial charge in [0.25, 0.3) is 11.8 Å². The Kier molecular flexibility index (Phi) is 6.74.